The maximum Gasteiger partial charge on any atom is 0.195 e. The van der Waals surface area contributed by atoms with Crippen LogP contribution in [0.4, 0.5) is 0 Å². The van der Waals surface area contributed by atoms with Gasteiger partial charge in [-0.2, -0.15) is 0 Å². The molecule has 18 heavy (non-hydrogen) atoms. The summed E-state index contributed by atoms with van der Waals surface area (Å²) in [5.74, 6) is 0.0573. The highest BCUT2D eigenvalue weighted by atomic mass is 16.5. The fraction of sp³-hybridized carbons (Fsp3) is 0.400. The lowest BCUT2D eigenvalue weighted by Gasteiger charge is -2.26. The van der Waals surface area contributed by atoms with Crippen molar-refractivity contribution in [2.24, 2.45) is 0 Å². The number of hydrogen-bond acceptors (Lipinski definition) is 3. The molecule has 0 saturated carbocycles. The Bertz CT molecular complexity index is 490. The van der Waals surface area contributed by atoms with Crippen LogP contribution in [0.3, 0.4) is 0 Å². The number of carbonyl (C=O) groups excluding carboxylic acids is 1. The highest BCUT2D eigenvalue weighted by Crippen LogP contribution is 2.31. The number of rotatable bonds is 2. The molecule has 0 aliphatic carbocycles. The fourth-order valence-electron chi connectivity index (χ4n) is 2.53. The quantitative estimate of drug-likeness (QED) is 0.802. The molecule has 1 unspecified atom stereocenters. The van der Waals surface area contributed by atoms with Crippen molar-refractivity contribution in [3.63, 3.8) is 0 Å². The Morgan fingerprint density at radius 3 is 2.89 bits per heavy atom. The summed E-state index contributed by atoms with van der Waals surface area (Å²) in [7, 11) is 0. The van der Waals surface area contributed by atoms with E-state index in [0.29, 0.717) is 13.2 Å². The van der Waals surface area contributed by atoms with Gasteiger partial charge in [0.05, 0.1) is 19.5 Å². The lowest BCUT2D eigenvalue weighted by Crippen LogP contribution is -2.25. The monoisotopic (exact) mass is 244 g/mol. The van der Waals surface area contributed by atoms with Gasteiger partial charge in [-0.05, 0) is 30.4 Å². The largest absolute Gasteiger partial charge is 0.501 e. The SMILES string of the molecule is O=C(C1=COCCC1)C1OCCc2ccccc21. The molecule has 2 heterocycles. The molecule has 3 nitrogen and oxygen atoms in total. The molecule has 0 spiro atoms. The van der Waals surface area contributed by atoms with E-state index in [1.165, 1.54) is 5.56 Å². The number of fused-ring (bicyclic) bond motifs is 1. The van der Waals surface area contributed by atoms with Crippen LogP contribution in [0, 0.1) is 0 Å². The third kappa shape index (κ3) is 2.06. The Labute approximate surface area is 106 Å². The van der Waals surface area contributed by atoms with Gasteiger partial charge in [0, 0.05) is 5.57 Å². The minimum absolute atomic E-state index is 0.0573. The molecular formula is C15H16O3. The molecule has 2 aliphatic rings. The first-order chi connectivity index (χ1) is 8.86. The summed E-state index contributed by atoms with van der Waals surface area (Å²) in [5, 5.41) is 0. The van der Waals surface area contributed by atoms with Crippen molar-refractivity contribution in [1.29, 1.82) is 0 Å². The van der Waals surface area contributed by atoms with E-state index in [2.05, 4.69) is 6.07 Å². The molecule has 0 N–H and O–H groups in total. The summed E-state index contributed by atoms with van der Waals surface area (Å²) < 4.78 is 10.9. The van der Waals surface area contributed by atoms with Crippen molar-refractivity contribution in [3.05, 3.63) is 47.2 Å². The molecule has 1 atom stereocenters. The van der Waals surface area contributed by atoms with Gasteiger partial charge in [0.2, 0.25) is 0 Å². The number of ketones is 1. The van der Waals surface area contributed by atoms with Gasteiger partial charge in [0.1, 0.15) is 6.10 Å². The summed E-state index contributed by atoms with van der Waals surface area (Å²) in [6.07, 6.45) is 3.75. The number of ether oxygens (including phenoxy) is 2. The van der Waals surface area contributed by atoms with Gasteiger partial charge in [-0.3, -0.25) is 4.79 Å². The Hall–Kier alpha value is -1.61. The maximum absolute atomic E-state index is 12.4. The molecule has 94 valence electrons. The van der Waals surface area contributed by atoms with E-state index in [0.717, 1.165) is 30.4 Å². The van der Waals surface area contributed by atoms with Gasteiger partial charge in [0.15, 0.2) is 5.78 Å². The smallest absolute Gasteiger partial charge is 0.195 e. The first-order valence-corrected chi connectivity index (χ1v) is 6.40. The van der Waals surface area contributed by atoms with Crippen molar-refractivity contribution < 1.29 is 14.3 Å². The second-order valence-corrected chi connectivity index (χ2v) is 4.68. The topological polar surface area (TPSA) is 35.5 Å². The van der Waals surface area contributed by atoms with Gasteiger partial charge in [-0.25, -0.2) is 0 Å². The number of hydrogen-bond donors (Lipinski definition) is 0. The minimum atomic E-state index is -0.442. The minimum Gasteiger partial charge on any atom is -0.501 e. The molecule has 0 fully saturated rings. The fourth-order valence-corrected chi connectivity index (χ4v) is 2.53. The van der Waals surface area contributed by atoms with E-state index in [-0.39, 0.29) is 5.78 Å². The molecule has 0 aromatic heterocycles. The van der Waals surface area contributed by atoms with Crippen LogP contribution in [0.2, 0.25) is 0 Å². The summed E-state index contributed by atoms with van der Waals surface area (Å²) >= 11 is 0. The Balaban J connectivity index is 1.89. The molecule has 3 rings (SSSR count). The van der Waals surface area contributed by atoms with Gasteiger partial charge < -0.3 is 9.47 Å². The number of benzene rings is 1. The summed E-state index contributed by atoms with van der Waals surface area (Å²) in [4.78, 5) is 12.4. The zero-order valence-electron chi connectivity index (χ0n) is 10.2. The van der Waals surface area contributed by atoms with Crippen LogP contribution in [0.15, 0.2) is 36.1 Å². The first-order valence-electron chi connectivity index (χ1n) is 6.40. The average Bonchev–Trinajstić information content (AvgIpc) is 2.47. The van der Waals surface area contributed by atoms with E-state index in [1.54, 1.807) is 6.26 Å². The van der Waals surface area contributed by atoms with E-state index in [9.17, 15) is 4.79 Å². The molecule has 3 heteroatoms. The molecular weight excluding hydrogens is 228 g/mol. The van der Waals surface area contributed by atoms with Gasteiger partial charge in [0.25, 0.3) is 0 Å². The van der Waals surface area contributed by atoms with Gasteiger partial charge >= 0.3 is 0 Å². The van der Waals surface area contributed by atoms with Crippen molar-refractivity contribution in [3.8, 4) is 0 Å². The van der Waals surface area contributed by atoms with E-state index >= 15 is 0 Å². The van der Waals surface area contributed by atoms with Crippen molar-refractivity contribution in [1.82, 2.24) is 0 Å². The molecule has 2 aliphatic heterocycles. The molecule has 1 aromatic carbocycles. The van der Waals surface area contributed by atoms with E-state index in [4.69, 9.17) is 9.47 Å². The highest BCUT2D eigenvalue weighted by Gasteiger charge is 2.29. The number of carbonyl (C=O) groups is 1. The predicted molar refractivity (Wildman–Crippen MR) is 67.1 cm³/mol. The van der Waals surface area contributed by atoms with Crippen LogP contribution in [0.25, 0.3) is 0 Å². The molecule has 1 aromatic rings. The summed E-state index contributed by atoms with van der Waals surface area (Å²) in [6, 6.07) is 8.03. The van der Waals surface area contributed by atoms with Crippen LogP contribution in [0.1, 0.15) is 30.1 Å². The van der Waals surface area contributed by atoms with E-state index in [1.807, 2.05) is 18.2 Å². The van der Waals surface area contributed by atoms with Crippen LogP contribution < -0.4 is 0 Å². The zero-order chi connectivity index (χ0) is 12.4. The third-order valence-electron chi connectivity index (χ3n) is 3.48. The predicted octanol–water partition coefficient (Wildman–Crippen LogP) is 2.56. The van der Waals surface area contributed by atoms with Crippen LogP contribution in [-0.4, -0.2) is 19.0 Å². The van der Waals surface area contributed by atoms with Crippen LogP contribution >= 0.6 is 0 Å². The standard InChI is InChI=1S/C15H16O3/c16-14(12-5-3-8-17-10-12)15-13-6-2-1-4-11(13)7-9-18-15/h1-2,4,6,10,15H,3,5,7-9H2. The summed E-state index contributed by atoms with van der Waals surface area (Å²) in [6.45, 7) is 1.32. The van der Waals surface area contributed by atoms with E-state index < -0.39 is 6.10 Å². The molecule has 0 amide bonds. The Morgan fingerprint density at radius 1 is 1.17 bits per heavy atom. The normalized spacial score (nSPS) is 22.7. The maximum atomic E-state index is 12.4. The van der Waals surface area contributed by atoms with Gasteiger partial charge in [-0.1, -0.05) is 24.3 Å². The summed E-state index contributed by atoms with van der Waals surface area (Å²) in [5.41, 5.74) is 2.99. The number of Topliss-reactive ketones (excluding diaryl/α,β-unsaturated/α-hetero) is 1. The molecule has 0 radical (unpaired) electrons. The molecule has 0 saturated heterocycles. The highest BCUT2D eigenvalue weighted by molar-refractivity contribution is 5.99. The molecule has 0 bridgehead atoms. The van der Waals surface area contributed by atoms with Crippen LogP contribution in [-0.2, 0) is 20.7 Å². The van der Waals surface area contributed by atoms with Crippen molar-refractivity contribution >= 4 is 5.78 Å². The Kier molecular flexibility index (Phi) is 3.15. The zero-order valence-corrected chi connectivity index (χ0v) is 10.2. The third-order valence-corrected chi connectivity index (χ3v) is 3.48. The van der Waals surface area contributed by atoms with Crippen LogP contribution in [0.5, 0.6) is 0 Å². The first kappa shape index (κ1) is 11.5. The lowest BCUT2D eigenvalue weighted by atomic mass is 9.91. The van der Waals surface area contributed by atoms with Crippen molar-refractivity contribution in [2.45, 2.75) is 25.4 Å². The Morgan fingerprint density at radius 2 is 2.06 bits per heavy atom. The average molecular weight is 244 g/mol. The second-order valence-electron chi connectivity index (χ2n) is 4.68. The lowest BCUT2D eigenvalue weighted by molar-refractivity contribution is -0.128. The van der Waals surface area contributed by atoms with Gasteiger partial charge in [-0.15, -0.1) is 0 Å². The van der Waals surface area contributed by atoms with Crippen molar-refractivity contribution in [2.75, 3.05) is 13.2 Å². The second kappa shape index (κ2) is 4.94.